The minimum absolute atomic E-state index is 0.189. The number of benzene rings is 1. The molecule has 0 saturated heterocycles. The molecule has 26 heavy (non-hydrogen) atoms. The van der Waals surface area contributed by atoms with Gasteiger partial charge in [0.1, 0.15) is 5.82 Å². The summed E-state index contributed by atoms with van der Waals surface area (Å²) in [7, 11) is 5.35. The second-order valence-corrected chi connectivity index (χ2v) is 7.89. The summed E-state index contributed by atoms with van der Waals surface area (Å²) in [6, 6.07) is 5.03. The van der Waals surface area contributed by atoms with Gasteiger partial charge < -0.3 is 15.5 Å². The molecule has 0 spiro atoms. The van der Waals surface area contributed by atoms with Crippen LogP contribution in [0.15, 0.2) is 27.7 Å². The number of nitrogens with zero attached hydrogens (tertiary/aromatic N) is 2. The first-order valence-electron chi connectivity index (χ1n) is 8.98. The summed E-state index contributed by atoms with van der Waals surface area (Å²) in [5.41, 5.74) is 0.708. The Morgan fingerprint density at radius 2 is 2.00 bits per heavy atom. The highest BCUT2D eigenvalue weighted by atomic mass is 79.9. The summed E-state index contributed by atoms with van der Waals surface area (Å²) in [5.74, 6) is 0.615. The molecule has 1 saturated carbocycles. The zero-order chi connectivity index (χ0) is 19.2. The molecule has 0 unspecified atom stereocenters. The van der Waals surface area contributed by atoms with E-state index in [1.54, 1.807) is 24.1 Å². The Balaban J connectivity index is 1.86. The number of nitrogens with one attached hydrogen (secondary N) is 2. The predicted molar refractivity (Wildman–Crippen MR) is 107 cm³/mol. The predicted octanol–water partition coefficient (Wildman–Crippen LogP) is 2.94. The maximum atomic E-state index is 13.3. The quantitative estimate of drug-likeness (QED) is 0.542. The maximum absolute atomic E-state index is 13.3. The van der Waals surface area contributed by atoms with Crippen molar-refractivity contribution in [3.63, 3.8) is 0 Å². The first-order valence-corrected chi connectivity index (χ1v) is 9.77. The summed E-state index contributed by atoms with van der Waals surface area (Å²) in [4.78, 5) is 18.6. The highest BCUT2D eigenvalue weighted by Crippen LogP contribution is 2.38. The normalized spacial score (nSPS) is 16.4. The molecule has 1 aromatic carbocycles. The lowest BCUT2D eigenvalue weighted by Gasteiger charge is -2.31. The van der Waals surface area contributed by atoms with E-state index in [-0.39, 0.29) is 17.1 Å². The molecule has 144 valence electrons. The van der Waals surface area contributed by atoms with Crippen LogP contribution in [-0.4, -0.2) is 51.0 Å². The molecule has 5 nitrogen and oxygen atoms in total. The molecule has 2 N–H and O–H groups in total. The van der Waals surface area contributed by atoms with Crippen LogP contribution in [0.25, 0.3) is 0 Å². The Kier molecular flexibility index (Phi) is 7.43. The van der Waals surface area contributed by atoms with E-state index in [2.05, 4.69) is 31.6 Å². The van der Waals surface area contributed by atoms with Crippen LogP contribution in [0.1, 0.15) is 31.2 Å². The third-order valence-corrected chi connectivity index (χ3v) is 5.54. The molecular formula is C19H28BrFN4O. The van der Waals surface area contributed by atoms with Crippen molar-refractivity contribution in [3.05, 3.63) is 34.1 Å². The fourth-order valence-corrected chi connectivity index (χ4v) is 3.91. The van der Waals surface area contributed by atoms with Gasteiger partial charge in [-0.3, -0.25) is 9.79 Å². The number of aliphatic imine (C=N–C) groups is 1. The van der Waals surface area contributed by atoms with E-state index in [0.29, 0.717) is 23.5 Å². The molecule has 0 bridgehead atoms. The first-order chi connectivity index (χ1) is 12.4. The molecule has 7 heteroatoms. The van der Waals surface area contributed by atoms with Gasteiger partial charge in [-0.2, -0.15) is 0 Å². The van der Waals surface area contributed by atoms with Gasteiger partial charge in [0.15, 0.2) is 5.96 Å². The SMILES string of the molecule is CN=C(NCCc1ccc(F)c(Br)c1)NCC1(C(=O)N(C)C)CCCC1. The summed E-state index contributed by atoms with van der Waals surface area (Å²) >= 11 is 3.21. The van der Waals surface area contributed by atoms with E-state index in [0.717, 1.165) is 37.7 Å². The van der Waals surface area contributed by atoms with Gasteiger partial charge >= 0.3 is 0 Å². The van der Waals surface area contributed by atoms with Crippen LogP contribution in [0, 0.1) is 11.2 Å². The summed E-state index contributed by atoms with van der Waals surface area (Å²) in [6.45, 7) is 1.26. The summed E-state index contributed by atoms with van der Waals surface area (Å²) in [6.07, 6.45) is 4.76. The second kappa shape index (κ2) is 9.35. The second-order valence-electron chi connectivity index (χ2n) is 7.04. The molecule has 1 aliphatic rings. The van der Waals surface area contributed by atoms with Crippen LogP contribution in [0.4, 0.5) is 4.39 Å². The summed E-state index contributed by atoms with van der Waals surface area (Å²) in [5, 5.41) is 6.58. The number of hydrogen-bond donors (Lipinski definition) is 2. The molecule has 0 aliphatic heterocycles. The van der Waals surface area contributed by atoms with Crippen molar-refractivity contribution in [2.24, 2.45) is 10.4 Å². The highest BCUT2D eigenvalue weighted by molar-refractivity contribution is 9.10. The minimum Gasteiger partial charge on any atom is -0.356 e. The number of carbonyl (C=O) groups excluding carboxylic acids is 1. The van der Waals surface area contributed by atoms with Crippen molar-refractivity contribution < 1.29 is 9.18 Å². The Hall–Kier alpha value is -1.63. The lowest BCUT2D eigenvalue weighted by Crippen LogP contribution is -2.49. The number of hydrogen-bond acceptors (Lipinski definition) is 2. The fourth-order valence-electron chi connectivity index (χ4n) is 3.49. The number of halogens is 2. The molecular weight excluding hydrogens is 399 g/mol. The van der Waals surface area contributed by atoms with E-state index >= 15 is 0 Å². The van der Waals surface area contributed by atoms with Gasteiger partial charge in [-0.15, -0.1) is 0 Å². The van der Waals surface area contributed by atoms with Crippen LogP contribution < -0.4 is 10.6 Å². The lowest BCUT2D eigenvalue weighted by atomic mass is 9.84. The van der Waals surface area contributed by atoms with Gasteiger partial charge in [0.2, 0.25) is 5.91 Å². The van der Waals surface area contributed by atoms with Gasteiger partial charge in [0, 0.05) is 34.2 Å². The summed E-state index contributed by atoms with van der Waals surface area (Å²) < 4.78 is 13.8. The molecule has 1 amide bonds. The molecule has 0 atom stereocenters. The van der Waals surface area contributed by atoms with Crippen molar-refractivity contribution in [1.82, 2.24) is 15.5 Å². The van der Waals surface area contributed by atoms with Gasteiger partial charge in [0.25, 0.3) is 0 Å². The van der Waals surface area contributed by atoms with E-state index < -0.39 is 0 Å². The third kappa shape index (κ3) is 5.19. The Morgan fingerprint density at radius 1 is 1.31 bits per heavy atom. The topological polar surface area (TPSA) is 56.7 Å². The van der Waals surface area contributed by atoms with Gasteiger partial charge in [-0.05, 0) is 52.9 Å². The van der Waals surface area contributed by atoms with E-state index in [1.165, 1.54) is 6.07 Å². The Labute approximate surface area is 163 Å². The number of guanidine groups is 1. The number of carbonyl (C=O) groups is 1. The molecule has 2 rings (SSSR count). The molecule has 1 aromatic rings. The molecule has 0 radical (unpaired) electrons. The standard InChI is InChI=1S/C19H28BrFN4O/c1-22-18(23-11-8-14-6-7-16(21)15(20)12-14)24-13-19(9-4-5-10-19)17(26)25(2)3/h6-7,12H,4-5,8-11,13H2,1-3H3,(H2,22,23,24). The monoisotopic (exact) mass is 426 g/mol. The molecule has 1 aliphatic carbocycles. The van der Waals surface area contributed by atoms with Crippen molar-refractivity contribution in [3.8, 4) is 0 Å². The molecule has 1 fully saturated rings. The fraction of sp³-hybridized carbons (Fsp3) is 0.579. The lowest BCUT2D eigenvalue weighted by molar-refractivity contribution is -0.138. The average Bonchev–Trinajstić information content (AvgIpc) is 3.10. The van der Waals surface area contributed by atoms with Crippen molar-refractivity contribution in [2.45, 2.75) is 32.1 Å². The Morgan fingerprint density at radius 3 is 2.58 bits per heavy atom. The van der Waals surface area contributed by atoms with E-state index in [4.69, 9.17) is 0 Å². The average molecular weight is 427 g/mol. The number of rotatable bonds is 6. The largest absolute Gasteiger partial charge is 0.356 e. The van der Waals surface area contributed by atoms with E-state index in [1.807, 2.05) is 14.1 Å². The van der Waals surface area contributed by atoms with E-state index in [9.17, 15) is 9.18 Å². The minimum atomic E-state index is -0.330. The number of amides is 1. The van der Waals surface area contributed by atoms with Crippen LogP contribution in [0.3, 0.4) is 0 Å². The van der Waals surface area contributed by atoms with Crippen LogP contribution in [0.2, 0.25) is 0 Å². The molecule has 0 aromatic heterocycles. The zero-order valence-corrected chi connectivity index (χ0v) is 17.3. The van der Waals surface area contributed by atoms with Gasteiger partial charge in [0.05, 0.1) is 9.89 Å². The first kappa shape index (κ1) is 20.7. The smallest absolute Gasteiger partial charge is 0.230 e. The van der Waals surface area contributed by atoms with Crippen LogP contribution in [-0.2, 0) is 11.2 Å². The van der Waals surface area contributed by atoms with Crippen LogP contribution >= 0.6 is 15.9 Å². The zero-order valence-electron chi connectivity index (χ0n) is 15.7. The Bertz CT molecular complexity index is 657. The van der Waals surface area contributed by atoms with Crippen LogP contribution in [0.5, 0.6) is 0 Å². The maximum Gasteiger partial charge on any atom is 0.230 e. The van der Waals surface area contributed by atoms with Gasteiger partial charge in [-0.25, -0.2) is 4.39 Å². The third-order valence-electron chi connectivity index (χ3n) is 4.93. The van der Waals surface area contributed by atoms with Crippen molar-refractivity contribution in [1.29, 1.82) is 0 Å². The van der Waals surface area contributed by atoms with Gasteiger partial charge in [-0.1, -0.05) is 18.9 Å². The highest BCUT2D eigenvalue weighted by Gasteiger charge is 2.42. The molecule has 0 heterocycles. The van der Waals surface area contributed by atoms with Crippen molar-refractivity contribution >= 4 is 27.8 Å². The van der Waals surface area contributed by atoms with Crippen molar-refractivity contribution in [2.75, 3.05) is 34.2 Å².